The Bertz CT molecular complexity index is 430. The summed E-state index contributed by atoms with van der Waals surface area (Å²) in [5, 5.41) is 28.7. The molecule has 5 nitrogen and oxygen atoms in total. The third-order valence-corrected chi connectivity index (χ3v) is 3.32. The third kappa shape index (κ3) is 3.88. The fraction of sp³-hybridized carbons (Fsp3) is 0.467. The smallest absolute Gasteiger partial charge is 0.157 e. The molecule has 0 radical (unpaired) electrons. The van der Waals surface area contributed by atoms with E-state index in [4.69, 9.17) is 9.47 Å². The van der Waals surface area contributed by atoms with E-state index in [9.17, 15) is 15.3 Å². The van der Waals surface area contributed by atoms with Gasteiger partial charge >= 0.3 is 0 Å². The number of aliphatic hydroxyl groups is 3. The van der Waals surface area contributed by atoms with Crippen LogP contribution in [-0.2, 0) is 16.1 Å². The van der Waals surface area contributed by atoms with Crippen molar-refractivity contribution in [2.45, 2.75) is 37.6 Å². The van der Waals surface area contributed by atoms with Gasteiger partial charge in [0, 0.05) is 6.42 Å². The van der Waals surface area contributed by atoms with Crippen molar-refractivity contribution in [3.05, 3.63) is 42.0 Å². The average Bonchev–Trinajstić information content (AvgIpc) is 2.44. The Balaban J connectivity index is 1.80. The molecule has 1 aromatic rings. The van der Waals surface area contributed by atoms with E-state index in [2.05, 4.69) is 6.58 Å². The SMILES string of the molecule is C=Cc1ccc(COCC2O[C@H](O)CC(O)[C@@H]2O)cc1. The largest absolute Gasteiger partial charge is 0.390 e. The molecular formula is C15H20O5. The van der Waals surface area contributed by atoms with Crippen molar-refractivity contribution >= 4 is 6.08 Å². The molecule has 0 saturated carbocycles. The van der Waals surface area contributed by atoms with E-state index in [1.165, 1.54) is 0 Å². The lowest BCUT2D eigenvalue weighted by atomic mass is 10.0. The van der Waals surface area contributed by atoms with Gasteiger partial charge in [0.2, 0.25) is 0 Å². The van der Waals surface area contributed by atoms with Crippen LogP contribution in [-0.4, -0.2) is 46.5 Å². The lowest BCUT2D eigenvalue weighted by molar-refractivity contribution is -0.243. The molecular weight excluding hydrogens is 260 g/mol. The molecule has 0 amide bonds. The minimum atomic E-state index is -1.06. The van der Waals surface area contributed by atoms with E-state index in [0.717, 1.165) is 11.1 Å². The molecule has 110 valence electrons. The van der Waals surface area contributed by atoms with Gasteiger partial charge in [-0.05, 0) is 11.1 Å². The van der Waals surface area contributed by atoms with E-state index >= 15 is 0 Å². The summed E-state index contributed by atoms with van der Waals surface area (Å²) in [6.45, 7) is 4.16. The van der Waals surface area contributed by atoms with Crippen LogP contribution in [0.15, 0.2) is 30.8 Å². The Hall–Kier alpha value is -1.24. The number of benzene rings is 1. The molecule has 0 spiro atoms. The highest BCUT2D eigenvalue weighted by molar-refractivity contribution is 5.47. The number of hydrogen-bond donors (Lipinski definition) is 3. The van der Waals surface area contributed by atoms with Crippen molar-refractivity contribution in [3.63, 3.8) is 0 Å². The molecule has 1 aliphatic rings. The molecule has 1 heterocycles. The van der Waals surface area contributed by atoms with Crippen LogP contribution in [0.1, 0.15) is 17.5 Å². The predicted molar refractivity (Wildman–Crippen MR) is 73.7 cm³/mol. The molecule has 0 aliphatic carbocycles. The summed E-state index contributed by atoms with van der Waals surface area (Å²) in [6.07, 6.45) is -2.03. The van der Waals surface area contributed by atoms with Crippen LogP contribution < -0.4 is 0 Å². The lowest BCUT2D eigenvalue weighted by Crippen LogP contribution is -2.50. The van der Waals surface area contributed by atoms with Crippen LogP contribution in [0, 0.1) is 0 Å². The molecule has 1 aromatic carbocycles. The van der Waals surface area contributed by atoms with Gasteiger partial charge in [0.15, 0.2) is 6.29 Å². The van der Waals surface area contributed by atoms with Crippen LogP contribution in [0.25, 0.3) is 6.08 Å². The number of aliphatic hydroxyl groups excluding tert-OH is 3. The first-order valence-electron chi connectivity index (χ1n) is 6.59. The maximum Gasteiger partial charge on any atom is 0.157 e. The summed E-state index contributed by atoms with van der Waals surface area (Å²) in [7, 11) is 0. The van der Waals surface area contributed by atoms with Gasteiger partial charge in [-0.15, -0.1) is 0 Å². The Morgan fingerprint density at radius 3 is 2.60 bits per heavy atom. The standard InChI is InChI=1S/C15H20O5/c1-2-10-3-5-11(6-4-10)8-19-9-13-15(18)12(16)7-14(17)20-13/h2-6,12-18H,1,7-9H2/t12?,13?,14-,15-/m0/s1. The zero-order chi connectivity index (χ0) is 14.5. The average molecular weight is 280 g/mol. The van der Waals surface area contributed by atoms with E-state index in [1.807, 2.05) is 24.3 Å². The first-order valence-corrected chi connectivity index (χ1v) is 6.59. The first kappa shape index (κ1) is 15.2. The highest BCUT2D eigenvalue weighted by Crippen LogP contribution is 2.19. The van der Waals surface area contributed by atoms with Gasteiger partial charge < -0.3 is 24.8 Å². The third-order valence-electron chi connectivity index (χ3n) is 3.32. The number of rotatable bonds is 5. The molecule has 3 N–H and O–H groups in total. The van der Waals surface area contributed by atoms with E-state index in [-0.39, 0.29) is 13.0 Å². The Morgan fingerprint density at radius 2 is 1.95 bits per heavy atom. The molecule has 2 unspecified atom stereocenters. The van der Waals surface area contributed by atoms with Crippen LogP contribution in [0.5, 0.6) is 0 Å². The van der Waals surface area contributed by atoms with E-state index < -0.39 is 24.6 Å². The molecule has 0 bridgehead atoms. The molecule has 5 heteroatoms. The monoisotopic (exact) mass is 280 g/mol. The fourth-order valence-electron chi connectivity index (χ4n) is 2.11. The molecule has 1 aliphatic heterocycles. The van der Waals surface area contributed by atoms with Gasteiger partial charge in [0.1, 0.15) is 12.2 Å². The van der Waals surface area contributed by atoms with Crippen molar-refractivity contribution in [3.8, 4) is 0 Å². The normalized spacial score (nSPS) is 30.1. The molecule has 1 saturated heterocycles. The van der Waals surface area contributed by atoms with E-state index in [1.54, 1.807) is 6.08 Å². The molecule has 2 rings (SSSR count). The molecule has 20 heavy (non-hydrogen) atoms. The van der Waals surface area contributed by atoms with Crippen molar-refractivity contribution in [1.29, 1.82) is 0 Å². The Kier molecular flexibility index (Phi) is 5.28. The highest BCUT2D eigenvalue weighted by atomic mass is 16.6. The molecule has 1 fully saturated rings. The maximum absolute atomic E-state index is 9.74. The maximum atomic E-state index is 9.74. The lowest BCUT2D eigenvalue weighted by Gasteiger charge is -2.34. The van der Waals surface area contributed by atoms with Gasteiger partial charge in [0.25, 0.3) is 0 Å². The summed E-state index contributed by atoms with van der Waals surface area (Å²) < 4.78 is 10.6. The summed E-state index contributed by atoms with van der Waals surface area (Å²) >= 11 is 0. The fourth-order valence-corrected chi connectivity index (χ4v) is 2.11. The first-order chi connectivity index (χ1) is 9.60. The summed E-state index contributed by atoms with van der Waals surface area (Å²) in [5.41, 5.74) is 2.02. The minimum Gasteiger partial charge on any atom is -0.390 e. The van der Waals surface area contributed by atoms with Gasteiger partial charge in [-0.25, -0.2) is 0 Å². The van der Waals surface area contributed by atoms with Gasteiger partial charge in [-0.1, -0.05) is 36.9 Å². The van der Waals surface area contributed by atoms with Gasteiger partial charge in [-0.3, -0.25) is 0 Å². The topological polar surface area (TPSA) is 79.2 Å². The highest BCUT2D eigenvalue weighted by Gasteiger charge is 2.35. The molecule has 4 atom stereocenters. The second kappa shape index (κ2) is 6.97. The van der Waals surface area contributed by atoms with Crippen LogP contribution in [0.4, 0.5) is 0 Å². The zero-order valence-electron chi connectivity index (χ0n) is 11.2. The number of hydrogen-bond acceptors (Lipinski definition) is 5. The van der Waals surface area contributed by atoms with Gasteiger partial charge in [0.05, 0.1) is 19.3 Å². The second-order valence-electron chi connectivity index (χ2n) is 4.88. The van der Waals surface area contributed by atoms with Crippen LogP contribution in [0.3, 0.4) is 0 Å². The second-order valence-corrected chi connectivity index (χ2v) is 4.88. The number of ether oxygens (including phenoxy) is 2. The molecule has 0 aromatic heterocycles. The minimum absolute atomic E-state index is 0.0146. The van der Waals surface area contributed by atoms with Crippen molar-refractivity contribution in [2.24, 2.45) is 0 Å². The van der Waals surface area contributed by atoms with E-state index in [0.29, 0.717) is 6.61 Å². The van der Waals surface area contributed by atoms with Gasteiger partial charge in [-0.2, -0.15) is 0 Å². The van der Waals surface area contributed by atoms with Crippen molar-refractivity contribution in [1.82, 2.24) is 0 Å². The van der Waals surface area contributed by atoms with Crippen molar-refractivity contribution < 1.29 is 24.8 Å². The predicted octanol–water partition coefficient (Wildman–Crippen LogP) is 0.675. The summed E-state index contributed by atoms with van der Waals surface area (Å²) in [6, 6.07) is 7.73. The summed E-state index contributed by atoms with van der Waals surface area (Å²) in [4.78, 5) is 0. The Labute approximate surface area is 118 Å². The van der Waals surface area contributed by atoms with Crippen molar-refractivity contribution in [2.75, 3.05) is 6.61 Å². The zero-order valence-corrected chi connectivity index (χ0v) is 11.2. The van der Waals surface area contributed by atoms with Crippen LogP contribution >= 0.6 is 0 Å². The quantitative estimate of drug-likeness (QED) is 0.739. The summed E-state index contributed by atoms with van der Waals surface area (Å²) in [5.74, 6) is 0. The Morgan fingerprint density at radius 1 is 1.25 bits per heavy atom. The van der Waals surface area contributed by atoms with Crippen LogP contribution in [0.2, 0.25) is 0 Å².